The van der Waals surface area contributed by atoms with Crippen LogP contribution in [0.25, 0.3) is 0 Å². The highest BCUT2D eigenvalue weighted by atomic mass is 35.5. The third kappa shape index (κ3) is 4.32. The Hall–Kier alpha value is -2.50. The number of rotatable bonds is 5. The SMILES string of the molecule is COc1ccc(Nc2ccnc(Nc3cc(Cl)ccc3C)n2)cc1Cl. The Morgan fingerprint density at radius 2 is 1.84 bits per heavy atom. The molecule has 1 heterocycles. The normalized spacial score (nSPS) is 10.4. The zero-order chi connectivity index (χ0) is 17.8. The van der Waals surface area contributed by atoms with E-state index in [2.05, 4.69) is 20.6 Å². The van der Waals surface area contributed by atoms with Crippen LogP contribution in [0, 0.1) is 6.92 Å². The summed E-state index contributed by atoms with van der Waals surface area (Å²) >= 11 is 12.2. The van der Waals surface area contributed by atoms with Crippen LogP contribution in [0.1, 0.15) is 5.56 Å². The van der Waals surface area contributed by atoms with Gasteiger partial charge >= 0.3 is 0 Å². The van der Waals surface area contributed by atoms with Gasteiger partial charge in [0, 0.05) is 22.6 Å². The van der Waals surface area contributed by atoms with Gasteiger partial charge in [-0.15, -0.1) is 0 Å². The molecule has 0 amide bonds. The second-order valence-corrected chi connectivity index (χ2v) is 6.17. The van der Waals surface area contributed by atoms with Crippen LogP contribution in [0.5, 0.6) is 5.75 Å². The lowest BCUT2D eigenvalue weighted by Gasteiger charge is -2.11. The summed E-state index contributed by atoms with van der Waals surface area (Å²) in [5, 5.41) is 7.54. The Labute approximate surface area is 156 Å². The third-order valence-corrected chi connectivity index (χ3v) is 4.06. The molecule has 0 unspecified atom stereocenters. The van der Waals surface area contributed by atoms with Crippen LogP contribution in [0.3, 0.4) is 0 Å². The number of hydrogen-bond donors (Lipinski definition) is 2. The van der Waals surface area contributed by atoms with Gasteiger partial charge in [0.15, 0.2) is 0 Å². The fourth-order valence-electron chi connectivity index (χ4n) is 2.23. The first kappa shape index (κ1) is 17.3. The second kappa shape index (κ2) is 7.59. The van der Waals surface area contributed by atoms with Gasteiger partial charge in [0.2, 0.25) is 5.95 Å². The summed E-state index contributed by atoms with van der Waals surface area (Å²) in [5.74, 6) is 1.72. The molecule has 0 radical (unpaired) electrons. The summed E-state index contributed by atoms with van der Waals surface area (Å²) in [6, 6.07) is 12.8. The predicted molar refractivity (Wildman–Crippen MR) is 103 cm³/mol. The minimum atomic E-state index is 0.468. The number of benzene rings is 2. The quantitative estimate of drug-likeness (QED) is 0.609. The van der Waals surface area contributed by atoms with Crippen molar-refractivity contribution in [1.82, 2.24) is 9.97 Å². The molecule has 0 saturated carbocycles. The molecule has 7 heteroatoms. The Bertz CT molecular complexity index is 902. The highest BCUT2D eigenvalue weighted by Gasteiger charge is 2.06. The summed E-state index contributed by atoms with van der Waals surface area (Å²) in [4.78, 5) is 8.70. The maximum absolute atomic E-state index is 6.14. The van der Waals surface area contributed by atoms with E-state index in [-0.39, 0.29) is 0 Å². The number of nitrogens with one attached hydrogen (secondary N) is 2. The smallest absolute Gasteiger partial charge is 0.229 e. The summed E-state index contributed by atoms with van der Waals surface area (Å²) < 4.78 is 5.15. The van der Waals surface area contributed by atoms with Crippen LogP contribution in [-0.4, -0.2) is 17.1 Å². The maximum Gasteiger partial charge on any atom is 0.229 e. The lowest BCUT2D eigenvalue weighted by atomic mass is 10.2. The molecule has 2 aromatic carbocycles. The van der Waals surface area contributed by atoms with Crippen molar-refractivity contribution in [3.05, 3.63) is 64.3 Å². The second-order valence-electron chi connectivity index (χ2n) is 5.32. The van der Waals surface area contributed by atoms with E-state index in [0.29, 0.717) is 27.6 Å². The van der Waals surface area contributed by atoms with Gasteiger partial charge in [0.1, 0.15) is 11.6 Å². The fraction of sp³-hybridized carbons (Fsp3) is 0.111. The number of methoxy groups -OCH3 is 1. The van der Waals surface area contributed by atoms with Crippen LogP contribution in [-0.2, 0) is 0 Å². The van der Waals surface area contributed by atoms with E-state index < -0.39 is 0 Å². The fourth-order valence-corrected chi connectivity index (χ4v) is 2.66. The molecule has 2 N–H and O–H groups in total. The number of hydrogen-bond acceptors (Lipinski definition) is 5. The van der Waals surface area contributed by atoms with Crippen molar-refractivity contribution in [3.63, 3.8) is 0 Å². The van der Waals surface area contributed by atoms with Gasteiger partial charge in [-0.3, -0.25) is 0 Å². The van der Waals surface area contributed by atoms with Crippen LogP contribution < -0.4 is 15.4 Å². The highest BCUT2D eigenvalue weighted by molar-refractivity contribution is 6.32. The van der Waals surface area contributed by atoms with Crippen LogP contribution in [0.4, 0.5) is 23.1 Å². The number of anilines is 4. The molecule has 0 spiro atoms. The largest absolute Gasteiger partial charge is 0.495 e. The lowest BCUT2D eigenvalue weighted by molar-refractivity contribution is 0.415. The monoisotopic (exact) mass is 374 g/mol. The van der Waals surface area contributed by atoms with Gasteiger partial charge in [0.25, 0.3) is 0 Å². The highest BCUT2D eigenvalue weighted by Crippen LogP contribution is 2.29. The van der Waals surface area contributed by atoms with Gasteiger partial charge in [-0.05, 0) is 48.9 Å². The molecule has 3 aromatic rings. The van der Waals surface area contributed by atoms with Crippen molar-refractivity contribution in [2.75, 3.05) is 17.7 Å². The topological polar surface area (TPSA) is 59.1 Å². The molecule has 0 aliphatic rings. The molecule has 0 aliphatic heterocycles. The molecule has 0 atom stereocenters. The molecule has 25 heavy (non-hydrogen) atoms. The molecule has 128 valence electrons. The van der Waals surface area contributed by atoms with Crippen molar-refractivity contribution >= 4 is 46.3 Å². The average molecular weight is 375 g/mol. The number of nitrogens with zero attached hydrogens (tertiary/aromatic N) is 2. The number of ether oxygens (including phenoxy) is 1. The van der Waals surface area contributed by atoms with Crippen molar-refractivity contribution in [1.29, 1.82) is 0 Å². The van der Waals surface area contributed by atoms with E-state index in [0.717, 1.165) is 16.9 Å². The van der Waals surface area contributed by atoms with Gasteiger partial charge in [0.05, 0.1) is 12.1 Å². The van der Waals surface area contributed by atoms with Crippen molar-refractivity contribution < 1.29 is 4.74 Å². The van der Waals surface area contributed by atoms with Gasteiger partial charge < -0.3 is 15.4 Å². The molecule has 0 saturated heterocycles. The van der Waals surface area contributed by atoms with Crippen molar-refractivity contribution in [3.8, 4) is 5.75 Å². The van der Waals surface area contributed by atoms with Crippen LogP contribution in [0.15, 0.2) is 48.7 Å². The average Bonchev–Trinajstić information content (AvgIpc) is 2.59. The van der Waals surface area contributed by atoms with Crippen LogP contribution in [0.2, 0.25) is 10.0 Å². The third-order valence-electron chi connectivity index (χ3n) is 3.53. The molecular weight excluding hydrogens is 359 g/mol. The molecule has 0 aliphatic carbocycles. The first-order valence-corrected chi connectivity index (χ1v) is 8.27. The van der Waals surface area contributed by atoms with Crippen LogP contribution >= 0.6 is 23.2 Å². The lowest BCUT2D eigenvalue weighted by Crippen LogP contribution is -2.01. The van der Waals surface area contributed by atoms with Crippen molar-refractivity contribution in [2.45, 2.75) is 6.92 Å². The zero-order valence-corrected chi connectivity index (χ0v) is 15.2. The maximum atomic E-state index is 6.14. The Morgan fingerprint density at radius 1 is 1.00 bits per heavy atom. The van der Waals surface area contributed by atoms with E-state index in [1.807, 2.05) is 31.2 Å². The van der Waals surface area contributed by atoms with E-state index in [1.165, 1.54) is 0 Å². The Kier molecular flexibility index (Phi) is 5.26. The van der Waals surface area contributed by atoms with E-state index >= 15 is 0 Å². The van der Waals surface area contributed by atoms with E-state index in [4.69, 9.17) is 27.9 Å². The Morgan fingerprint density at radius 3 is 2.60 bits per heavy atom. The molecule has 5 nitrogen and oxygen atoms in total. The Balaban J connectivity index is 1.79. The first-order chi connectivity index (χ1) is 12.0. The first-order valence-electron chi connectivity index (χ1n) is 7.52. The molecule has 0 fully saturated rings. The molecular formula is C18H16Cl2N4O. The molecule has 3 rings (SSSR count). The number of aromatic nitrogens is 2. The van der Waals surface area contributed by atoms with Gasteiger partial charge in [-0.1, -0.05) is 29.3 Å². The van der Waals surface area contributed by atoms with E-state index in [1.54, 1.807) is 31.5 Å². The number of halogens is 2. The zero-order valence-electron chi connectivity index (χ0n) is 13.7. The van der Waals surface area contributed by atoms with E-state index in [9.17, 15) is 0 Å². The summed E-state index contributed by atoms with van der Waals surface area (Å²) in [6.07, 6.45) is 1.67. The molecule has 0 bridgehead atoms. The summed E-state index contributed by atoms with van der Waals surface area (Å²) in [7, 11) is 1.58. The summed E-state index contributed by atoms with van der Waals surface area (Å²) in [5.41, 5.74) is 2.71. The minimum absolute atomic E-state index is 0.468. The predicted octanol–water partition coefficient (Wildman–Crippen LogP) is 5.59. The van der Waals surface area contributed by atoms with Gasteiger partial charge in [-0.2, -0.15) is 4.98 Å². The minimum Gasteiger partial charge on any atom is -0.495 e. The number of aryl methyl sites for hydroxylation is 1. The molecule has 1 aromatic heterocycles. The standard InChI is InChI=1S/C18H16Cl2N4O/c1-11-3-4-12(19)9-15(11)23-18-21-8-7-17(24-18)22-13-5-6-16(25-2)14(20)10-13/h3-10H,1-2H3,(H2,21,22,23,24). The van der Waals surface area contributed by atoms with Gasteiger partial charge in [-0.25, -0.2) is 4.98 Å². The van der Waals surface area contributed by atoms with Crippen molar-refractivity contribution in [2.24, 2.45) is 0 Å². The summed E-state index contributed by atoms with van der Waals surface area (Å²) in [6.45, 7) is 1.99.